The number of thioether (sulfide) groups is 1. The largest absolute Gasteiger partial charge is 0.468 e. The molecular weight excluding hydrogens is 298 g/mol. The van der Waals surface area contributed by atoms with E-state index in [-0.39, 0.29) is 17.8 Å². The third-order valence-corrected chi connectivity index (χ3v) is 4.89. The standard InChI is InChI=1S/C17H23NO3S/c1-21-16(19)12-22-11-13-7-9-15(10-8-13)18-17(20)14-5-3-2-4-6-14/h7-10,14H,2-6,11-12H2,1H3,(H,18,20). The van der Waals surface area contributed by atoms with Crippen molar-refractivity contribution in [1.82, 2.24) is 0 Å². The molecule has 1 N–H and O–H groups in total. The fourth-order valence-corrected chi connectivity index (χ4v) is 3.42. The minimum Gasteiger partial charge on any atom is -0.468 e. The lowest BCUT2D eigenvalue weighted by molar-refractivity contribution is -0.137. The first-order valence-corrected chi connectivity index (χ1v) is 8.89. The van der Waals surface area contributed by atoms with E-state index in [4.69, 9.17) is 0 Å². The van der Waals surface area contributed by atoms with Crippen LogP contribution in [0.3, 0.4) is 0 Å². The molecule has 4 nitrogen and oxygen atoms in total. The maximum absolute atomic E-state index is 12.2. The van der Waals surface area contributed by atoms with Gasteiger partial charge in [-0.2, -0.15) is 0 Å². The molecular formula is C17H23NO3S. The lowest BCUT2D eigenvalue weighted by Gasteiger charge is -2.20. The predicted octanol–water partition coefficient (Wildman–Crippen LogP) is 3.61. The van der Waals surface area contributed by atoms with Crippen molar-refractivity contribution in [1.29, 1.82) is 0 Å². The molecule has 1 aliphatic rings. The topological polar surface area (TPSA) is 55.4 Å². The van der Waals surface area contributed by atoms with E-state index in [1.165, 1.54) is 25.3 Å². The van der Waals surface area contributed by atoms with Gasteiger partial charge in [-0.05, 0) is 30.5 Å². The summed E-state index contributed by atoms with van der Waals surface area (Å²) in [7, 11) is 1.40. The van der Waals surface area contributed by atoms with Crippen LogP contribution in [0.1, 0.15) is 37.7 Å². The summed E-state index contributed by atoms with van der Waals surface area (Å²) >= 11 is 1.52. The van der Waals surface area contributed by atoms with Gasteiger partial charge in [0.25, 0.3) is 0 Å². The zero-order chi connectivity index (χ0) is 15.8. The summed E-state index contributed by atoms with van der Waals surface area (Å²) in [6.07, 6.45) is 5.59. The van der Waals surface area contributed by atoms with Gasteiger partial charge in [-0.1, -0.05) is 31.4 Å². The number of nitrogens with one attached hydrogen (secondary N) is 1. The second-order valence-corrected chi connectivity index (χ2v) is 6.58. The van der Waals surface area contributed by atoms with Crippen LogP contribution in [0.4, 0.5) is 5.69 Å². The highest BCUT2D eigenvalue weighted by Gasteiger charge is 2.20. The van der Waals surface area contributed by atoms with Crippen molar-refractivity contribution in [2.75, 3.05) is 18.2 Å². The maximum Gasteiger partial charge on any atom is 0.315 e. The van der Waals surface area contributed by atoms with E-state index in [9.17, 15) is 9.59 Å². The Bertz CT molecular complexity index is 495. The quantitative estimate of drug-likeness (QED) is 0.813. The van der Waals surface area contributed by atoms with Crippen molar-refractivity contribution in [3.8, 4) is 0 Å². The van der Waals surface area contributed by atoms with Gasteiger partial charge in [0.1, 0.15) is 0 Å². The highest BCUT2D eigenvalue weighted by atomic mass is 32.2. The molecule has 120 valence electrons. The molecule has 0 aliphatic heterocycles. The van der Waals surface area contributed by atoms with Crippen LogP contribution in [-0.2, 0) is 20.1 Å². The molecule has 0 radical (unpaired) electrons. The normalized spacial score (nSPS) is 15.3. The van der Waals surface area contributed by atoms with Gasteiger partial charge in [0.2, 0.25) is 5.91 Å². The summed E-state index contributed by atoms with van der Waals surface area (Å²) in [5, 5.41) is 3.00. The van der Waals surface area contributed by atoms with Crippen LogP contribution < -0.4 is 5.32 Å². The van der Waals surface area contributed by atoms with Crippen LogP contribution >= 0.6 is 11.8 Å². The Kier molecular flexibility index (Phi) is 6.77. The second-order valence-electron chi connectivity index (χ2n) is 5.59. The Morgan fingerprint density at radius 3 is 2.50 bits per heavy atom. The van der Waals surface area contributed by atoms with Crippen LogP contribution in [0.25, 0.3) is 0 Å². The van der Waals surface area contributed by atoms with E-state index in [1.54, 1.807) is 0 Å². The maximum atomic E-state index is 12.2. The molecule has 1 aliphatic carbocycles. The van der Waals surface area contributed by atoms with Gasteiger partial charge in [-0.3, -0.25) is 9.59 Å². The number of carbonyl (C=O) groups excluding carboxylic acids is 2. The number of carbonyl (C=O) groups is 2. The third kappa shape index (κ3) is 5.37. The lowest BCUT2D eigenvalue weighted by atomic mass is 9.88. The molecule has 0 unspecified atom stereocenters. The van der Waals surface area contributed by atoms with Crippen molar-refractivity contribution >= 4 is 29.3 Å². The number of methoxy groups -OCH3 is 1. The summed E-state index contributed by atoms with van der Waals surface area (Å²) in [4.78, 5) is 23.2. The van der Waals surface area contributed by atoms with Gasteiger partial charge in [-0.25, -0.2) is 0 Å². The van der Waals surface area contributed by atoms with Crippen LogP contribution in [0, 0.1) is 5.92 Å². The summed E-state index contributed by atoms with van der Waals surface area (Å²) in [6.45, 7) is 0. The number of hydrogen-bond donors (Lipinski definition) is 1. The molecule has 0 heterocycles. The summed E-state index contributed by atoms with van der Waals surface area (Å²) in [6, 6.07) is 7.82. The van der Waals surface area contributed by atoms with Gasteiger partial charge < -0.3 is 10.1 Å². The Hall–Kier alpha value is -1.49. The van der Waals surface area contributed by atoms with Crippen molar-refractivity contribution < 1.29 is 14.3 Å². The molecule has 0 bridgehead atoms. The Morgan fingerprint density at radius 2 is 1.86 bits per heavy atom. The summed E-state index contributed by atoms with van der Waals surface area (Å²) < 4.78 is 4.60. The van der Waals surface area contributed by atoms with E-state index in [0.29, 0.717) is 5.75 Å². The summed E-state index contributed by atoms with van der Waals surface area (Å²) in [5.74, 6) is 1.22. The van der Waals surface area contributed by atoms with E-state index < -0.39 is 0 Å². The zero-order valence-corrected chi connectivity index (χ0v) is 13.8. The number of rotatable bonds is 6. The summed E-state index contributed by atoms with van der Waals surface area (Å²) in [5.41, 5.74) is 1.97. The molecule has 0 saturated heterocycles. The first-order chi connectivity index (χ1) is 10.7. The van der Waals surface area contributed by atoms with Crippen LogP contribution in [0.5, 0.6) is 0 Å². The number of benzene rings is 1. The van der Waals surface area contributed by atoms with Gasteiger partial charge in [-0.15, -0.1) is 11.8 Å². The van der Waals surface area contributed by atoms with Crippen molar-refractivity contribution in [2.24, 2.45) is 5.92 Å². The number of anilines is 1. The smallest absolute Gasteiger partial charge is 0.315 e. The minimum absolute atomic E-state index is 0.146. The predicted molar refractivity (Wildman–Crippen MR) is 89.8 cm³/mol. The highest BCUT2D eigenvalue weighted by Crippen LogP contribution is 2.25. The molecule has 1 fully saturated rings. The van der Waals surface area contributed by atoms with E-state index >= 15 is 0 Å². The minimum atomic E-state index is -0.207. The molecule has 1 aromatic carbocycles. The van der Waals surface area contributed by atoms with E-state index in [1.807, 2.05) is 24.3 Å². The van der Waals surface area contributed by atoms with Gasteiger partial charge in [0.05, 0.1) is 12.9 Å². The molecule has 22 heavy (non-hydrogen) atoms. The molecule has 1 amide bonds. The fraction of sp³-hybridized carbons (Fsp3) is 0.529. The molecule has 2 rings (SSSR count). The van der Waals surface area contributed by atoms with Crippen LogP contribution in [0.2, 0.25) is 0 Å². The SMILES string of the molecule is COC(=O)CSCc1ccc(NC(=O)C2CCCCC2)cc1. The lowest BCUT2D eigenvalue weighted by Crippen LogP contribution is -2.24. The van der Waals surface area contributed by atoms with Crippen molar-refractivity contribution in [2.45, 2.75) is 37.9 Å². The second kappa shape index (κ2) is 8.83. The van der Waals surface area contributed by atoms with Gasteiger partial charge >= 0.3 is 5.97 Å². The molecule has 0 spiro atoms. The third-order valence-electron chi connectivity index (χ3n) is 3.91. The number of ether oxygens (including phenoxy) is 1. The monoisotopic (exact) mass is 321 g/mol. The molecule has 1 saturated carbocycles. The van der Waals surface area contributed by atoms with Gasteiger partial charge in [0, 0.05) is 17.4 Å². The highest BCUT2D eigenvalue weighted by molar-refractivity contribution is 7.99. The van der Waals surface area contributed by atoms with Crippen LogP contribution in [-0.4, -0.2) is 24.7 Å². The zero-order valence-electron chi connectivity index (χ0n) is 13.0. The van der Waals surface area contributed by atoms with Crippen molar-refractivity contribution in [3.63, 3.8) is 0 Å². The van der Waals surface area contributed by atoms with E-state index in [0.717, 1.165) is 42.7 Å². The number of amides is 1. The average Bonchev–Trinajstić information content (AvgIpc) is 2.57. The molecule has 0 aromatic heterocycles. The first-order valence-electron chi connectivity index (χ1n) is 7.73. The molecule has 5 heteroatoms. The Morgan fingerprint density at radius 1 is 1.18 bits per heavy atom. The fourth-order valence-electron chi connectivity index (χ4n) is 2.60. The van der Waals surface area contributed by atoms with Crippen molar-refractivity contribution in [3.05, 3.63) is 29.8 Å². The Labute approximate surface area is 136 Å². The van der Waals surface area contributed by atoms with Crippen LogP contribution in [0.15, 0.2) is 24.3 Å². The average molecular weight is 321 g/mol. The number of esters is 1. The number of hydrogen-bond acceptors (Lipinski definition) is 4. The molecule has 0 atom stereocenters. The Balaban J connectivity index is 1.78. The molecule has 1 aromatic rings. The van der Waals surface area contributed by atoms with Gasteiger partial charge in [0.15, 0.2) is 0 Å². The first kappa shape index (κ1) is 16.9. The van der Waals surface area contributed by atoms with E-state index in [2.05, 4.69) is 10.1 Å².